The first kappa shape index (κ1) is 14.6. The van der Waals surface area contributed by atoms with E-state index < -0.39 is 0 Å². The van der Waals surface area contributed by atoms with Crippen LogP contribution in [0.2, 0.25) is 0 Å². The molecule has 0 fully saturated rings. The highest BCUT2D eigenvalue weighted by molar-refractivity contribution is 6.17. The Morgan fingerprint density at radius 3 is 2.50 bits per heavy atom. The van der Waals surface area contributed by atoms with Gasteiger partial charge in [0.05, 0.1) is 0 Å². The average Bonchev–Trinajstić information content (AvgIpc) is 2.36. The van der Waals surface area contributed by atoms with E-state index in [1.165, 1.54) is 18.2 Å². The van der Waals surface area contributed by atoms with Crippen molar-refractivity contribution >= 4 is 17.3 Å². The van der Waals surface area contributed by atoms with Crippen molar-refractivity contribution in [1.29, 1.82) is 0 Å². The number of unbranched alkanes of at least 4 members (excludes halogenated alkanes) is 2. The van der Waals surface area contributed by atoms with Gasteiger partial charge in [-0.25, -0.2) is 0 Å². The van der Waals surface area contributed by atoms with Crippen LogP contribution in [-0.4, -0.2) is 17.3 Å². The molecule has 1 aliphatic rings. The standard InChI is InChI=1S/C15H20O3/c1-2-3-7-13(16)8-5-4-6-12-11-14(17)9-10-15(12)18/h9-11H,2-8H2,1H3. The third-order valence-electron chi connectivity index (χ3n) is 2.99. The zero-order valence-electron chi connectivity index (χ0n) is 10.9. The lowest BCUT2D eigenvalue weighted by Gasteiger charge is -2.06. The molecule has 3 heteroatoms. The Labute approximate surface area is 108 Å². The van der Waals surface area contributed by atoms with E-state index in [9.17, 15) is 14.4 Å². The molecular formula is C15H20O3. The minimum absolute atomic E-state index is 0.0769. The first-order valence-corrected chi connectivity index (χ1v) is 6.62. The van der Waals surface area contributed by atoms with E-state index in [0.29, 0.717) is 30.6 Å². The molecule has 0 bridgehead atoms. The molecular weight excluding hydrogens is 228 g/mol. The Morgan fingerprint density at radius 2 is 1.78 bits per heavy atom. The number of ketones is 3. The van der Waals surface area contributed by atoms with Crippen molar-refractivity contribution in [2.24, 2.45) is 0 Å². The van der Waals surface area contributed by atoms with Gasteiger partial charge in [-0.1, -0.05) is 13.3 Å². The summed E-state index contributed by atoms with van der Waals surface area (Å²) in [5.41, 5.74) is 0.573. The Hall–Kier alpha value is -1.51. The van der Waals surface area contributed by atoms with E-state index in [1.54, 1.807) is 0 Å². The zero-order chi connectivity index (χ0) is 13.4. The quantitative estimate of drug-likeness (QED) is 0.490. The van der Waals surface area contributed by atoms with Crippen LogP contribution in [0.25, 0.3) is 0 Å². The van der Waals surface area contributed by atoms with Crippen molar-refractivity contribution in [3.63, 3.8) is 0 Å². The molecule has 18 heavy (non-hydrogen) atoms. The fraction of sp³-hybridized carbons (Fsp3) is 0.533. The van der Waals surface area contributed by atoms with Crippen LogP contribution >= 0.6 is 0 Å². The lowest BCUT2D eigenvalue weighted by Crippen LogP contribution is -2.07. The van der Waals surface area contributed by atoms with Crippen LogP contribution in [0.3, 0.4) is 0 Å². The fourth-order valence-electron chi connectivity index (χ4n) is 1.89. The zero-order valence-corrected chi connectivity index (χ0v) is 10.9. The van der Waals surface area contributed by atoms with Crippen molar-refractivity contribution in [2.45, 2.75) is 51.9 Å². The van der Waals surface area contributed by atoms with Gasteiger partial charge in [-0.05, 0) is 43.9 Å². The third-order valence-corrected chi connectivity index (χ3v) is 2.99. The first-order valence-electron chi connectivity index (χ1n) is 6.62. The van der Waals surface area contributed by atoms with Crippen LogP contribution < -0.4 is 0 Å². The predicted molar refractivity (Wildman–Crippen MR) is 70.2 cm³/mol. The van der Waals surface area contributed by atoms with Gasteiger partial charge in [0, 0.05) is 18.4 Å². The molecule has 0 saturated heterocycles. The van der Waals surface area contributed by atoms with E-state index in [1.807, 2.05) is 0 Å². The molecule has 0 heterocycles. The average molecular weight is 248 g/mol. The molecule has 0 aromatic heterocycles. The van der Waals surface area contributed by atoms with E-state index in [2.05, 4.69) is 6.92 Å². The van der Waals surface area contributed by atoms with Gasteiger partial charge in [0.1, 0.15) is 5.78 Å². The largest absolute Gasteiger partial charge is 0.300 e. The van der Waals surface area contributed by atoms with Crippen LogP contribution in [0.15, 0.2) is 23.8 Å². The molecule has 0 radical (unpaired) electrons. The van der Waals surface area contributed by atoms with Crippen LogP contribution in [0.4, 0.5) is 0 Å². The number of allylic oxidation sites excluding steroid dienone is 4. The summed E-state index contributed by atoms with van der Waals surface area (Å²) in [6.07, 6.45) is 9.46. The van der Waals surface area contributed by atoms with Crippen LogP contribution in [0.5, 0.6) is 0 Å². The number of Topliss-reactive ketones (excluding diaryl/α,β-unsaturated/α-hetero) is 1. The highest BCUT2D eigenvalue weighted by atomic mass is 16.1. The minimum atomic E-state index is -0.122. The van der Waals surface area contributed by atoms with Crippen molar-refractivity contribution in [3.05, 3.63) is 23.8 Å². The fourth-order valence-corrected chi connectivity index (χ4v) is 1.89. The van der Waals surface area contributed by atoms with Gasteiger partial charge in [0.2, 0.25) is 0 Å². The molecule has 1 rings (SSSR count). The van der Waals surface area contributed by atoms with Gasteiger partial charge < -0.3 is 0 Å². The first-order chi connectivity index (χ1) is 8.63. The van der Waals surface area contributed by atoms with Crippen molar-refractivity contribution in [3.8, 4) is 0 Å². The predicted octanol–water partition coefficient (Wildman–Crippen LogP) is 2.94. The van der Waals surface area contributed by atoms with Gasteiger partial charge in [0.25, 0.3) is 0 Å². The molecule has 1 aliphatic carbocycles. The second kappa shape index (κ2) is 7.75. The second-order valence-electron chi connectivity index (χ2n) is 4.62. The maximum Gasteiger partial charge on any atom is 0.182 e. The SMILES string of the molecule is CCCCC(=O)CCCCC1=CC(=O)C=CC1=O. The van der Waals surface area contributed by atoms with Gasteiger partial charge in [-0.3, -0.25) is 14.4 Å². The number of carbonyl (C=O) groups excluding carboxylic acids is 3. The van der Waals surface area contributed by atoms with Crippen LogP contribution in [0.1, 0.15) is 51.9 Å². The number of hydrogen-bond acceptors (Lipinski definition) is 3. The van der Waals surface area contributed by atoms with Gasteiger partial charge in [-0.2, -0.15) is 0 Å². The summed E-state index contributed by atoms with van der Waals surface area (Å²) in [4.78, 5) is 34.0. The lowest BCUT2D eigenvalue weighted by atomic mass is 9.97. The van der Waals surface area contributed by atoms with E-state index >= 15 is 0 Å². The number of carbonyl (C=O) groups is 3. The molecule has 0 spiro atoms. The molecule has 98 valence electrons. The summed E-state index contributed by atoms with van der Waals surface area (Å²) in [5, 5.41) is 0. The summed E-state index contributed by atoms with van der Waals surface area (Å²) in [5.74, 6) is 0.104. The summed E-state index contributed by atoms with van der Waals surface area (Å²) >= 11 is 0. The smallest absolute Gasteiger partial charge is 0.182 e. The number of rotatable bonds is 8. The van der Waals surface area contributed by atoms with E-state index in [0.717, 1.165) is 25.7 Å². The van der Waals surface area contributed by atoms with Gasteiger partial charge >= 0.3 is 0 Å². The normalized spacial score (nSPS) is 14.8. The molecule has 0 aromatic rings. The van der Waals surface area contributed by atoms with Crippen molar-refractivity contribution in [1.82, 2.24) is 0 Å². The summed E-state index contributed by atoms with van der Waals surface area (Å²) in [7, 11) is 0. The molecule has 3 nitrogen and oxygen atoms in total. The monoisotopic (exact) mass is 248 g/mol. The molecule has 0 atom stereocenters. The summed E-state index contributed by atoms with van der Waals surface area (Å²) in [6.45, 7) is 2.07. The van der Waals surface area contributed by atoms with Crippen LogP contribution in [-0.2, 0) is 14.4 Å². The molecule has 0 aliphatic heterocycles. The Bertz CT molecular complexity index is 389. The second-order valence-corrected chi connectivity index (χ2v) is 4.62. The van der Waals surface area contributed by atoms with E-state index in [-0.39, 0.29) is 11.6 Å². The van der Waals surface area contributed by atoms with E-state index in [4.69, 9.17) is 0 Å². The third kappa shape index (κ3) is 5.21. The molecule has 0 amide bonds. The van der Waals surface area contributed by atoms with Gasteiger partial charge in [-0.15, -0.1) is 0 Å². The number of hydrogen-bond donors (Lipinski definition) is 0. The van der Waals surface area contributed by atoms with Crippen molar-refractivity contribution in [2.75, 3.05) is 0 Å². The topological polar surface area (TPSA) is 51.2 Å². The maximum atomic E-state index is 11.4. The van der Waals surface area contributed by atoms with Crippen molar-refractivity contribution < 1.29 is 14.4 Å². The Kier molecular flexibility index (Phi) is 6.26. The minimum Gasteiger partial charge on any atom is -0.300 e. The molecule has 0 saturated carbocycles. The highest BCUT2D eigenvalue weighted by Crippen LogP contribution is 2.14. The highest BCUT2D eigenvalue weighted by Gasteiger charge is 2.12. The lowest BCUT2D eigenvalue weighted by molar-refractivity contribution is -0.119. The van der Waals surface area contributed by atoms with Crippen LogP contribution in [0, 0.1) is 0 Å². The molecule has 0 N–H and O–H groups in total. The van der Waals surface area contributed by atoms with Gasteiger partial charge in [0.15, 0.2) is 11.6 Å². The Morgan fingerprint density at radius 1 is 1.06 bits per heavy atom. The molecule has 0 aromatic carbocycles. The maximum absolute atomic E-state index is 11.4. The molecule has 0 unspecified atom stereocenters. The Balaban J connectivity index is 2.20. The summed E-state index contributed by atoms with van der Waals surface area (Å²) < 4.78 is 0. The summed E-state index contributed by atoms with van der Waals surface area (Å²) in [6, 6.07) is 0.